The second-order valence-corrected chi connectivity index (χ2v) is 4.52. The summed E-state index contributed by atoms with van der Waals surface area (Å²) in [6, 6.07) is 2.96. The fraction of sp³-hybridized carbons (Fsp3) is 0.308. The molecule has 0 atom stereocenters. The Hall–Kier alpha value is -1.97. The third kappa shape index (κ3) is 1.48. The van der Waals surface area contributed by atoms with Crippen molar-refractivity contribution < 1.29 is 10.2 Å². The summed E-state index contributed by atoms with van der Waals surface area (Å²) in [5, 5.41) is 19.7. The number of benzene rings is 1. The summed E-state index contributed by atoms with van der Waals surface area (Å²) >= 11 is 0. The summed E-state index contributed by atoms with van der Waals surface area (Å²) in [7, 11) is 0. The first kappa shape index (κ1) is 10.2. The lowest BCUT2D eigenvalue weighted by Crippen LogP contribution is -2.09. The van der Waals surface area contributed by atoms with Crippen LogP contribution in [0.2, 0.25) is 0 Å². The highest BCUT2D eigenvalue weighted by molar-refractivity contribution is 5.94. The van der Waals surface area contributed by atoms with Gasteiger partial charge in [0.1, 0.15) is 0 Å². The number of nitrogens with two attached hydrogens (primary N) is 1. The first-order valence-electron chi connectivity index (χ1n) is 5.79. The third-order valence-corrected chi connectivity index (χ3v) is 3.40. The zero-order valence-electron chi connectivity index (χ0n) is 9.40. The van der Waals surface area contributed by atoms with Crippen LogP contribution in [0.5, 0.6) is 11.5 Å². The quantitative estimate of drug-likeness (QED) is 0.605. The molecule has 1 aliphatic carbocycles. The Labute approximate surface area is 98.7 Å². The molecule has 0 amide bonds. The van der Waals surface area contributed by atoms with E-state index in [0.717, 1.165) is 42.3 Å². The van der Waals surface area contributed by atoms with Crippen LogP contribution in [0.3, 0.4) is 0 Å². The highest BCUT2D eigenvalue weighted by Gasteiger charge is 2.17. The number of rotatable bonds is 0. The summed E-state index contributed by atoms with van der Waals surface area (Å²) in [6.45, 7) is 0. The molecule has 88 valence electrons. The molecule has 0 spiro atoms. The van der Waals surface area contributed by atoms with Gasteiger partial charge in [0.2, 0.25) is 0 Å². The van der Waals surface area contributed by atoms with Crippen LogP contribution in [-0.4, -0.2) is 15.2 Å². The molecule has 0 aliphatic heterocycles. The number of nitrogens with zero attached hydrogens (tertiary/aromatic N) is 1. The Morgan fingerprint density at radius 1 is 1.06 bits per heavy atom. The highest BCUT2D eigenvalue weighted by atomic mass is 16.3. The minimum absolute atomic E-state index is 0.151. The molecular formula is C13H14N2O2. The van der Waals surface area contributed by atoms with Crippen LogP contribution in [-0.2, 0) is 12.8 Å². The van der Waals surface area contributed by atoms with Crippen LogP contribution in [0.1, 0.15) is 24.1 Å². The average Bonchev–Trinajstić information content (AvgIpc) is 2.32. The second-order valence-electron chi connectivity index (χ2n) is 4.52. The van der Waals surface area contributed by atoms with Crippen molar-refractivity contribution in [2.75, 3.05) is 5.73 Å². The summed E-state index contributed by atoms with van der Waals surface area (Å²) in [6.07, 6.45) is 4.16. The van der Waals surface area contributed by atoms with Gasteiger partial charge in [-0.1, -0.05) is 0 Å². The molecule has 1 heterocycles. The zero-order valence-corrected chi connectivity index (χ0v) is 9.40. The van der Waals surface area contributed by atoms with E-state index in [1.807, 2.05) is 0 Å². The number of aromatic nitrogens is 1. The molecule has 17 heavy (non-hydrogen) atoms. The van der Waals surface area contributed by atoms with E-state index >= 15 is 0 Å². The SMILES string of the molecule is Nc1c2c(nc3cc(O)c(O)cc13)CCCC2. The summed E-state index contributed by atoms with van der Waals surface area (Å²) in [4.78, 5) is 4.53. The van der Waals surface area contributed by atoms with Gasteiger partial charge < -0.3 is 15.9 Å². The van der Waals surface area contributed by atoms with E-state index in [1.54, 1.807) is 0 Å². The maximum absolute atomic E-state index is 9.51. The number of nitrogen functional groups attached to an aromatic ring is 1. The number of phenols is 2. The van der Waals surface area contributed by atoms with Crippen LogP contribution in [0.4, 0.5) is 5.69 Å². The topological polar surface area (TPSA) is 79.4 Å². The number of aromatic hydroxyl groups is 2. The normalized spacial score (nSPS) is 14.8. The third-order valence-electron chi connectivity index (χ3n) is 3.40. The van der Waals surface area contributed by atoms with E-state index in [4.69, 9.17) is 5.73 Å². The fourth-order valence-corrected chi connectivity index (χ4v) is 2.48. The van der Waals surface area contributed by atoms with Crippen molar-refractivity contribution in [3.63, 3.8) is 0 Å². The van der Waals surface area contributed by atoms with Gasteiger partial charge >= 0.3 is 0 Å². The molecule has 1 aliphatic rings. The second kappa shape index (κ2) is 3.52. The number of hydrogen-bond donors (Lipinski definition) is 3. The molecule has 1 aromatic carbocycles. The molecular weight excluding hydrogens is 216 g/mol. The maximum atomic E-state index is 9.51. The molecule has 3 rings (SSSR count). The van der Waals surface area contributed by atoms with Crippen LogP contribution < -0.4 is 5.73 Å². The lowest BCUT2D eigenvalue weighted by atomic mass is 9.93. The number of fused-ring (bicyclic) bond motifs is 2. The van der Waals surface area contributed by atoms with E-state index in [0.29, 0.717) is 11.2 Å². The number of phenolic OH excluding ortho intramolecular Hbond substituents is 2. The van der Waals surface area contributed by atoms with Crippen LogP contribution in [0, 0.1) is 0 Å². The minimum atomic E-state index is -0.153. The van der Waals surface area contributed by atoms with Crippen molar-refractivity contribution in [2.45, 2.75) is 25.7 Å². The standard InChI is InChI=1S/C13H14N2O2/c14-13-7-3-1-2-4-9(7)15-10-6-12(17)11(16)5-8(10)13/h5-6,16-17H,1-4H2,(H2,14,15). The van der Waals surface area contributed by atoms with Gasteiger partial charge in [0.05, 0.1) is 5.52 Å². The number of hydrogen-bond acceptors (Lipinski definition) is 4. The smallest absolute Gasteiger partial charge is 0.159 e. The molecule has 0 bridgehead atoms. The molecule has 0 unspecified atom stereocenters. The van der Waals surface area contributed by atoms with Gasteiger partial charge in [-0.05, 0) is 37.3 Å². The van der Waals surface area contributed by atoms with Gasteiger partial charge in [0.25, 0.3) is 0 Å². The van der Waals surface area contributed by atoms with Crippen LogP contribution in [0.15, 0.2) is 12.1 Å². The molecule has 4 N–H and O–H groups in total. The fourth-order valence-electron chi connectivity index (χ4n) is 2.48. The molecule has 2 aromatic rings. The molecule has 0 saturated carbocycles. The lowest BCUT2D eigenvalue weighted by molar-refractivity contribution is 0.405. The van der Waals surface area contributed by atoms with E-state index in [-0.39, 0.29) is 11.5 Å². The number of pyridine rings is 1. The summed E-state index contributed by atoms with van der Waals surface area (Å²) in [5.74, 6) is -0.304. The van der Waals surface area contributed by atoms with Gasteiger partial charge in [-0.15, -0.1) is 0 Å². The van der Waals surface area contributed by atoms with Crippen molar-refractivity contribution in [2.24, 2.45) is 0 Å². The van der Waals surface area contributed by atoms with Gasteiger partial charge in [0.15, 0.2) is 11.5 Å². The number of anilines is 1. The molecule has 1 aromatic heterocycles. The van der Waals surface area contributed by atoms with E-state index in [1.165, 1.54) is 12.1 Å². The van der Waals surface area contributed by atoms with Gasteiger partial charge in [-0.2, -0.15) is 0 Å². The summed E-state index contributed by atoms with van der Waals surface area (Å²) < 4.78 is 0. The van der Waals surface area contributed by atoms with E-state index in [9.17, 15) is 10.2 Å². The van der Waals surface area contributed by atoms with Crippen molar-refractivity contribution in [1.82, 2.24) is 4.98 Å². The van der Waals surface area contributed by atoms with Crippen LogP contribution in [0.25, 0.3) is 10.9 Å². The monoisotopic (exact) mass is 230 g/mol. The lowest BCUT2D eigenvalue weighted by Gasteiger charge is -2.18. The molecule has 4 heteroatoms. The van der Waals surface area contributed by atoms with Gasteiger partial charge in [-0.3, -0.25) is 4.98 Å². The predicted octanol–water partition coefficient (Wildman–Crippen LogP) is 2.11. The Morgan fingerprint density at radius 3 is 2.59 bits per heavy atom. The van der Waals surface area contributed by atoms with Crippen molar-refractivity contribution in [3.05, 3.63) is 23.4 Å². The zero-order chi connectivity index (χ0) is 12.0. The molecule has 0 saturated heterocycles. The number of aryl methyl sites for hydroxylation is 1. The Morgan fingerprint density at radius 2 is 1.76 bits per heavy atom. The first-order valence-corrected chi connectivity index (χ1v) is 5.79. The highest BCUT2D eigenvalue weighted by Crippen LogP contribution is 2.36. The molecule has 4 nitrogen and oxygen atoms in total. The van der Waals surface area contributed by atoms with Crippen molar-refractivity contribution >= 4 is 16.6 Å². The average molecular weight is 230 g/mol. The van der Waals surface area contributed by atoms with Gasteiger partial charge in [-0.25, -0.2) is 0 Å². The predicted molar refractivity (Wildman–Crippen MR) is 66.1 cm³/mol. The Kier molecular flexibility index (Phi) is 2.11. The maximum Gasteiger partial charge on any atom is 0.159 e. The Balaban J connectivity index is 2.36. The van der Waals surface area contributed by atoms with Crippen molar-refractivity contribution in [1.29, 1.82) is 0 Å². The van der Waals surface area contributed by atoms with E-state index in [2.05, 4.69) is 4.98 Å². The molecule has 0 radical (unpaired) electrons. The minimum Gasteiger partial charge on any atom is -0.504 e. The van der Waals surface area contributed by atoms with Gasteiger partial charge in [0, 0.05) is 22.8 Å². The molecule has 0 fully saturated rings. The Bertz CT molecular complexity index is 608. The summed E-state index contributed by atoms with van der Waals surface area (Å²) in [5.41, 5.74) is 9.61. The van der Waals surface area contributed by atoms with E-state index < -0.39 is 0 Å². The first-order chi connectivity index (χ1) is 8.16. The van der Waals surface area contributed by atoms with Crippen molar-refractivity contribution in [3.8, 4) is 11.5 Å². The van der Waals surface area contributed by atoms with Crippen LogP contribution >= 0.6 is 0 Å². The largest absolute Gasteiger partial charge is 0.504 e.